The summed E-state index contributed by atoms with van der Waals surface area (Å²) in [6, 6.07) is 2.10. The molecular formula is C10H18N2S. The number of aryl methyl sites for hydroxylation is 1. The minimum absolute atomic E-state index is 0.937. The Morgan fingerprint density at radius 3 is 2.38 bits per heavy atom. The van der Waals surface area contributed by atoms with Gasteiger partial charge in [0, 0.05) is 22.0 Å². The SMILES string of the molecule is CCN(CC)Cc1cc(N)c(C)s1. The van der Waals surface area contributed by atoms with Crippen LogP contribution in [0.3, 0.4) is 0 Å². The third-order valence-electron chi connectivity index (χ3n) is 2.28. The van der Waals surface area contributed by atoms with Crippen LogP contribution in [-0.2, 0) is 6.54 Å². The van der Waals surface area contributed by atoms with Gasteiger partial charge in [0.1, 0.15) is 0 Å². The maximum atomic E-state index is 5.79. The zero-order valence-corrected chi connectivity index (χ0v) is 9.45. The Labute approximate surface area is 84.4 Å². The lowest BCUT2D eigenvalue weighted by atomic mass is 10.3. The van der Waals surface area contributed by atoms with Crippen LogP contribution >= 0.6 is 11.3 Å². The van der Waals surface area contributed by atoms with Crippen molar-refractivity contribution in [3.8, 4) is 0 Å². The molecule has 0 atom stereocenters. The van der Waals surface area contributed by atoms with E-state index in [1.54, 1.807) is 11.3 Å². The Morgan fingerprint density at radius 2 is 2.00 bits per heavy atom. The van der Waals surface area contributed by atoms with Crippen LogP contribution < -0.4 is 5.73 Å². The van der Waals surface area contributed by atoms with Gasteiger partial charge in [-0.15, -0.1) is 11.3 Å². The van der Waals surface area contributed by atoms with Gasteiger partial charge in [0.05, 0.1) is 0 Å². The average Bonchev–Trinajstić information content (AvgIpc) is 2.42. The van der Waals surface area contributed by atoms with E-state index in [2.05, 4.69) is 31.7 Å². The van der Waals surface area contributed by atoms with Crippen LogP contribution in [-0.4, -0.2) is 18.0 Å². The van der Waals surface area contributed by atoms with Gasteiger partial charge < -0.3 is 5.73 Å². The first-order valence-electron chi connectivity index (χ1n) is 4.74. The van der Waals surface area contributed by atoms with Gasteiger partial charge in [-0.1, -0.05) is 13.8 Å². The smallest absolute Gasteiger partial charge is 0.0455 e. The lowest BCUT2D eigenvalue weighted by molar-refractivity contribution is 0.298. The van der Waals surface area contributed by atoms with Gasteiger partial charge in [0.15, 0.2) is 0 Å². The second kappa shape index (κ2) is 4.63. The van der Waals surface area contributed by atoms with E-state index in [0.717, 1.165) is 25.3 Å². The van der Waals surface area contributed by atoms with Crippen LogP contribution in [0, 0.1) is 6.92 Å². The number of rotatable bonds is 4. The number of hydrogen-bond donors (Lipinski definition) is 1. The lowest BCUT2D eigenvalue weighted by Gasteiger charge is -2.16. The van der Waals surface area contributed by atoms with E-state index in [4.69, 9.17) is 5.73 Å². The van der Waals surface area contributed by atoms with Crippen molar-refractivity contribution >= 4 is 17.0 Å². The van der Waals surface area contributed by atoms with Gasteiger partial charge in [-0.2, -0.15) is 0 Å². The number of nitrogen functional groups attached to an aromatic ring is 1. The number of thiophene rings is 1. The largest absolute Gasteiger partial charge is 0.398 e. The average molecular weight is 198 g/mol. The van der Waals surface area contributed by atoms with E-state index < -0.39 is 0 Å². The molecule has 0 radical (unpaired) electrons. The molecule has 0 bridgehead atoms. The van der Waals surface area contributed by atoms with Crippen molar-refractivity contribution in [2.75, 3.05) is 18.8 Å². The van der Waals surface area contributed by atoms with Crippen LogP contribution in [0.25, 0.3) is 0 Å². The van der Waals surface area contributed by atoms with Crippen LogP contribution in [0.4, 0.5) is 5.69 Å². The fraction of sp³-hybridized carbons (Fsp3) is 0.600. The summed E-state index contributed by atoms with van der Waals surface area (Å²) in [5.74, 6) is 0. The molecule has 0 aliphatic rings. The topological polar surface area (TPSA) is 29.3 Å². The van der Waals surface area contributed by atoms with Crippen molar-refractivity contribution in [2.45, 2.75) is 27.3 Å². The van der Waals surface area contributed by atoms with Crippen LogP contribution in [0.5, 0.6) is 0 Å². The van der Waals surface area contributed by atoms with E-state index in [0.29, 0.717) is 0 Å². The van der Waals surface area contributed by atoms with Gasteiger partial charge in [-0.25, -0.2) is 0 Å². The van der Waals surface area contributed by atoms with Gasteiger partial charge in [0.2, 0.25) is 0 Å². The summed E-state index contributed by atoms with van der Waals surface area (Å²) in [4.78, 5) is 5.01. The number of nitrogens with two attached hydrogens (primary N) is 1. The van der Waals surface area contributed by atoms with Crippen LogP contribution in [0.2, 0.25) is 0 Å². The standard InChI is InChI=1S/C10H18N2S/c1-4-12(5-2)7-9-6-10(11)8(3)13-9/h6H,4-5,7,11H2,1-3H3. The van der Waals surface area contributed by atoms with Crippen molar-refractivity contribution in [2.24, 2.45) is 0 Å². The molecule has 0 amide bonds. The molecule has 1 heterocycles. The Morgan fingerprint density at radius 1 is 1.38 bits per heavy atom. The molecule has 0 saturated carbocycles. The molecular weight excluding hydrogens is 180 g/mol. The van der Waals surface area contributed by atoms with Crippen molar-refractivity contribution in [1.82, 2.24) is 4.90 Å². The first-order valence-corrected chi connectivity index (χ1v) is 5.56. The molecule has 0 aromatic carbocycles. The third kappa shape index (κ3) is 2.71. The zero-order chi connectivity index (χ0) is 9.84. The Bertz CT molecular complexity index is 244. The molecule has 0 saturated heterocycles. The fourth-order valence-electron chi connectivity index (χ4n) is 1.31. The highest BCUT2D eigenvalue weighted by molar-refractivity contribution is 7.12. The molecule has 1 aromatic rings. The van der Waals surface area contributed by atoms with Gasteiger partial charge >= 0.3 is 0 Å². The predicted octanol–water partition coefficient (Wildman–Crippen LogP) is 2.48. The molecule has 0 fully saturated rings. The lowest BCUT2D eigenvalue weighted by Crippen LogP contribution is -2.21. The highest BCUT2D eigenvalue weighted by Gasteiger charge is 2.05. The van der Waals surface area contributed by atoms with E-state index in [1.165, 1.54) is 9.75 Å². The van der Waals surface area contributed by atoms with Crippen molar-refractivity contribution in [3.05, 3.63) is 15.8 Å². The van der Waals surface area contributed by atoms with Gasteiger partial charge in [-0.3, -0.25) is 4.90 Å². The van der Waals surface area contributed by atoms with E-state index >= 15 is 0 Å². The summed E-state index contributed by atoms with van der Waals surface area (Å²) >= 11 is 1.81. The van der Waals surface area contributed by atoms with Gasteiger partial charge in [0.25, 0.3) is 0 Å². The second-order valence-electron chi connectivity index (χ2n) is 3.19. The summed E-state index contributed by atoms with van der Waals surface area (Å²) in [6.07, 6.45) is 0. The van der Waals surface area contributed by atoms with Crippen LogP contribution in [0.1, 0.15) is 23.6 Å². The van der Waals surface area contributed by atoms with Crippen molar-refractivity contribution < 1.29 is 0 Å². The van der Waals surface area contributed by atoms with E-state index in [9.17, 15) is 0 Å². The molecule has 1 rings (SSSR count). The molecule has 0 unspecified atom stereocenters. The summed E-state index contributed by atoms with van der Waals surface area (Å²) in [5, 5.41) is 0. The zero-order valence-electron chi connectivity index (χ0n) is 8.63. The molecule has 13 heavy (non-hydrogen) atoms. The number of anilines is 1. The first-order chi connectivity index (χ1) is 6.17. The molecule has 1 aromatic heterocycles. The normalized spacial score (nSPS) is 11.1. The molecule has 2 nitrogen and oxygen atoms in total. The minimum Gasteiger partial charge on any atom is -0.398 e. The fourth-order valence-corrected chi connectivity index (χ4v) is 2.31. The van der Waals surface area contributed by atoms with E-state index in [-0.39, 0.29) is 0 Å². The molecule has 3 heteroatoms. The Hall–Kier alpha value is -0.540. The molecule has 0 aliphatic carbocycles. The summed E-state index contributed by atoms with van der Waals surface area (Å²) in [7, 11) is 0. The summed E-state index contributed by atoms with van der Waals surface area (Å²) in [5.41, 5.74) is 6.73. The first kappa shape index (κ1) is 10.5. The monoisotopic (exact) mass is 198 g/mol. The second-order valence-corrected chi connectivity index (χ2v) is 4.53. The van der Waals surface area contributed by atoms with Crippen molar-refractivity contribution in [3.63, 3.8) is 0 Å². The molecule has 0 spiro atoms. The van der Waals surface area contributed by atoms with Crippen LogP contribution in [0.15, 0.2) is 6.07 Å². The maximum Gasteiger partial charge on any atom is 0.0455 e. The molecule has 0 aliphatic heterocycles. The highest BCUT2D eigenvalue weighted by atomic mass is 32.1. The molecule has 2 N–H and O–H groups in total. The Balaban J connectivity index is 2.62. The van der Waals surface area contributed by atoms with Gasteiger partial charge in [-0.05, 0) is 26.1 Å². The highest BCUT2D eigenvalue weighted by Crippen LogP contribution is 2.24. The molecule has 74 valence electrons. The summed E-state index contributed by atoms with van der Waals surface area (Å²) in [6.45, 7) is 9.70. The number of hydrogen-bond acceptors (Lipinski definition) is 3. The maximum absolute atomic E-state index is 5.79. The number of nitrogens with zero attached hydrogens (tertiary/aromatic N) is 1. The third-order valence-corrected chi connectivity index (χ3v) is 3.33. The Kier molecular flexibility index (Phi) is 3.75. The summed E-state index contributed by atoms with van der Waals surface area (Å²) < 4.78 is 0. The minimum atomic E-state index is 0.937. The quantitative estimate of drug-likeness (QED) is 0.805. The predicted molar refractivity (Wildman–Crippen MR) is 60.1 cm³/mol. The van der Waals surface area contributed by atoms with Crippen molar-refractivity contribution in [1.29, 1.82) is 0 Å². The van der Waals surface area contributed by atoms with E-state index in [1.807, 2.05) is 0 Å².